The molecule has 152 valence electrons. The predicted octanol–water partition coefficient (Wildman–Crippen LogP) is 2.09. The lowest BCUT2D eigenvalue weighted by molar-refractivity contribution is -0.0197. The van der Waals surface area contributed by atoms with E-state index in [1.165, 1.54) is 6.07 Å². The number of hydrogen-bond acceptors (Lipinski definition) is 5. The van der Waals surface area contributed by atoms with Gasteiger partial charge in [-0.1, -0.05) is 60.7 Å². The molecule has 0 aliphatic carbocycles. The maximum absolute atomic E-state index is 13.2. The standard InChI is InChI=1S/C23H21N3O4/c27-18-11-12-25-21(22(18)28)23(29)24-13-14-30-15-19(24)26(25)20(16-7-3-1-4-8-16)17-9-5-2-6-10-17/h1-12,19-20,28H,13-15H2/t19-/m1/s1. The van der Waals surface area contributed by atoms with E-state index in [2.05, 4.69) is 0 Å². The Hall–Kier alpha value is -3.58. The number of ether oxygens (including phenoxy) is 1. The van der Waals surface area contributed by atoms with Crippen molar-refractivity contribution in [3.63, 3.8) is 0 Å². The first-order valence-electron chi connectivity index (χ1n) is 9.88. The summed E-state index contributed by atoms with van der Waals surface area (Å²) in [6.07, 6.45) is 1.17. The van der Waals surface area contributed by atoms with Gasteiger partial charge in [-0.15, -0.1) is 0 Å². The highest BCUT2D eigenvalue weighted by Crippen LogP contribution is 2.35. The van der Waals surface area contributed by atoms with Crippen molar-refractivity contribution in [2.45, 2.75) is 12.2 Å². The summed E-state index contributed by atoms with van der Waals surface area (Å²) in [6, 6.07) is 20.9. The average Bonchev–Trinajstić information content (AvgIpc) is 2.80. The monoisotopic (exact) mass is 403 g/mol. The summed E-state index contributed by atoms with van der Waals surface area (Å²) < 4.78 is 7.35. The van der Waals surface area contributed by atoms with Gasteiger partial charge < -0.3 is 14.7 Å². The Balaban J connectivity index is 1.77. The topological polar surface area (TPSA) is 75.0 Å². The molecule has 2 aromatic carbocycles. The molecule has 5 rings (SSSR count). The Morgan fingerprint density at radius 2 is 1.57 bits per heavy atom. The number of carbonyl (C=O) groups is 1. The molecular weight excluding hydrogens is 382 g/mol. The van der Waals surface area contributed by atoms with Gasteiger partial charge in [0.15, 0.2) is 11.4 Å². The lowest BCUT2D eigenvalue weighted by Crippen LogP contribution is -2.66. The molecule has 1 N–H and O–H groups in total. The summed E-state index contributed by atoms with van der Waals surface area (Å²) in [4.78, 5) is 27.0. The molecule has 3 heterocycles. The van der Waals surface area contributed by atoms with Crippen LogP contribution in [0, 0.1) is 0 Å². The molecule has 0 radical (unpaired) electrons. The van der Waals surface area contributed by atoms with Gasteiger partial charge in [0.05, 0.1) is 19.3 Å². The first kappa shape index (κ1) is 18.4. The predicted molar refractivity (Wildman–Crippen MR) is 111 cm³/mol. The quantitative estimate of drug-likeness (QED) is 0.725. The van der Waals surface area contributed by atoms with Crippen LogP contribution in [0.1, 0.15) is 27.7 Å². The van der Waals surface area contributed by atoms with Crippen LogP contribution in [0.25, 0.3) is 0 Å². The highest BCUT2D eigenvalue weighted by Gasteiger charge is 2.44. The van der Waals surface area contributed by atoms with Crippen LogP contribution in [0.5, 0.6) is 5.75 Å². The molecule has 1 fully saturated rings. The SMILES string of the molecule is O=C1c2c(O)c(=O)ccn2N(C(c2ccccc2)c2ccccc2)[C@@H]2COCCN12. The fourth-order valence-corrected chi connectivity index (χ4v) is 4.30. The third-order valence-corrected chi connectivity index (χ3v) is 5.67. The van der Waals surface area contributed by atoms with E-state index >= 15 is 0 Å². The fraction of sp³-hybridized carbons (Fsp3) is 0.217. The summed E-state index contributed by atoms with van der Waals surface area (Å²) in [7, 11) is 0. The van der Waals surface area contributed by atoms with Crippen molar-refractivity contribution in [2.75, 3.05) is 24.8 Å². The molecule has 7 heteroatoms. The van der Waals surface area contributed by atoms with Crippen LogP contribution >= 0.6 is 0 Å². The summed E-state index contributed by atoms with van der Waals surface area (Å²) in [5, 5.41) is 12.5. The van der Waals surface area contributed by atoms with E-state index in [1.807, 2.05) is 65.7 Å². The second kappa shape index (κ2) is 7.35. The normalized spacial score (nSPS) is 18.3. The third-order valence-electron chi connectivity index (χ3n) is 5.67. The van der Waals surface area contributed by atoms with Crippen LogP contribution in [0.4, 0.5) is 0 Å². The minimum Gasteiger partial charge on any atom is -0.502 e. The zero-order valence-electron chi connectivity index (χ0n) is 16.2. The van der Waals surface area contributed by atoms with E-state index in [1.54, 1.807) is 15.8 Å². The van der Waals surface area contributed by atoms with Crippen molar-refractivity contribution in [1.82, 2.24) is 9.58 Å². The van der Waals surface area contributed by atoms with Crippen LogP contribution in [-0.2, 0) is 4.74 Å². The Kier molecular flexibility index (Phi) is 4.52. The molecule has 2 aliphatic heterocycles. The fourth-order valence-electron chi connectivity index (χ4n) is 4.30. The van der Waals surface area contributed by atoms with Crippen molar-refractivity contribution >= 4 is 5.91 Å². The van der Waals surface area contributed by atoms with E-state index in [4.69, 9.17) is 4.74 Å². The van der Waals surface area contributed by atoms with Crippen molar-refractivity contribution in [3.05, 3.63) is 100.0 Å². The van der Waals surface area contributed by atoms with Gasteiger partial charge in [-0.3, -0.25) is 19.3 Å². The summed E-state index contributed by atoms with van der Waals surface area (Å²) >= 11 is 0. The maximum Gasteiger partial charge on any atom is 0.278 e. The molecule has 0 saturated carbocycles. The van der Waals surface area contributed by atoms with E-state index < -0.39 is 11.2 Å². The molecular formula is C23H21N3O4. The molecule has 1 aromatic heterocycles. The van der Waals surface area contributed by atoms with Crippen LogP contribution in [0.3, 0.4) is 0 Å². The smallest absolute Gasteiger partial charge is 0.278 e. The van der Waals surface area contributed by atoms with Crippen molar-refractivity contribution in [2.24, 2.45) is 0 Å². The molecule has 1 atom stereocenters. The van der Waals surface area contributed by atoms with Crippen molar-refractivity contribution in [1.29, 1.82) is 0 Å². The number of fused-ring (bicyclic) bond motifs is 2. The Labute approximate surface area is 173 Å². The molecule has 30 heavy (non-hydrogen) atoms. The highest BCUT2D eigenvalue weighted by molar-refractivity contribution is 5.96. The second-order valence-corrected chi connectivity index (χ2v) is 7.38. The van der Waals surface area contributed by atoms with Gasteiger partial charge in [0.25, 0.3) is 5.91 Å². The molecule has 0 unspecified atom stereocenters. The zero-order chi connectivity index (χ0) is 20.7. The Morgan fingerprint density at radius 1 is 0.933 bits per heavy atom. The van der Waals surface area contributed by atoms with Gasteiger partial charge in [-0.05, 0) is 11.1 Å². The highest BCUT2D eigenvalue weighted by atomic mass is 16.5. The molecule has 1 amide bonds. The first-order chi connectivity index (χ1) is 14.7. The van der Waals surface area contributed by atoms with Crippen molar-refractivity contribution < 1.29 is 14.6 Å². The molecule has 2 aliphatic rings. The number of benzene rings is 2. The second-order valence-electron chi connectivity index (χ2n) is 7.38. The lowest BCUT2D eigenvalue weighted by atomic mass is 9.97. The summed E-state index contributed by atoms with van der Waals surface area (Å²) in [6.45, 7) is 1.13. The summed E-state index contributed by atoms with van der Waals surface area (Å²) in [5.41, 5.74) is 1.45. The number of hydrogen-bond donors (Lipinski definition) is 1. The van der Waals surface area contributed by atoms with E-state index in [0.717, 1.165) is 11.1 Å². The number of aromatic hydroxyl groups is 1. The van der Waals surface area contributed by atoms with Gasteiger partial charge >= 0.3 is 0 Å². The minimum atomic E-state index is -0.572. The van der Waals surface area contributed by atoms with Gasteiger partial charge in [-0.25, -0.2) is 0 Å². The first-order valence-corrected chi connectivity index (χ1v) is 9.88. The third kappa shape index (κ3) is 2.86. The number of carbonyl (C=O) groups excluding carboxylic acids is 1. The average molecular weight is 403 g/mol. The number of morpholine rings is 1. The molecule has 0 bridgehead atoms. The minimum absolute atomic E-state index is 0.0162. The van der Waals surface area contributed by atoms with E-state index in [9.17, 15) is 14.7 Å². The number of nitrogens with zero attached hydrogens (tertiary/aromatic N) is 3. The van der Waals surface area contributed by atoms with Crippen LogP contribution in [0.15, 0.2) is 77.7 Å². The van der Waals surface area contributed by atoms with E-state index in [-0.39, 0.29) is 23.8 Å². The number of aromatic nitrogens is 1. The van der Waals surface area contributed by atoms with Gasteiger partial charge in [0.1, 0.15) is 6.17 Å². The van der Waals surface area contributed by atoms with Gasteiger partial charge in [0.2, 0.25) is 5.43 Å². The van der Waals surface area contributed by atoms with Crippen LogP contribution in [0.2, 0.25) is 0 Å². The Morgan fingerprint density at radius 3 is 2.20 bits per heavy atom. The van der Waals surface area contributed by atoms with Crippen molar-refractivity contribution in [3.8, 4) is 5.75 Å². The number of pyridine rings is 1. The molecule has 0 spiro atoms. The Bertz CT molecular complexity index is 1090. The van der Waals surface area contributed by atoms with Gasteiger partial charge in [-0.2, -0.15) is 0 Å². The molecule has 1 saturated heterocycles. The molecule has 7 nitrogen and oxygen atoms in total. The molecule has 3 aromatic rings. The zero-order valence-corrected chi connectivity index (χ0v) is 16.2. The largest absolute Gasteiger partial charge is 0.502 e. The summed E-state index contributed by atoms with van der Waals surface area (Å²) in [5.74, 6) is -0.896. The van der Waals surface area contributed by atoms with Crippen LogP contribution < -0.4 is 10.4 Å². The van der Waals surface area contributed by atoms with E-state index in [0.29, 0.717) is 19.8 Å². The number of rotatable bonds is 3. The maximum atomic E-state index is 13.2. The number of amides is 1. The van der Waals surface area contributed by atoms with Gasteiger partial charge in [0, 0.05) is 18.8 Å². The van der Waals surface area contributed by atoms with Crippen LogP contribution in [-0.4, -0.2) is 46.5 Å². The lowest BCUT2D eigenvalue weighted by Gasteiger charge is -2.51.